The fourth-order valence-corrected chi connectivity index (χ4v) is 4.76. The number of Topliss-reactive ketones (excluding diaryl/α,β-unsaturated/α-hetero) is 1. The van der Waals surface area contributed by atoms with Gasteiger partial charge in [-0.15, -0.1) is 0 Å². The lowest BCUT2D eigenvalue weighted by Crippen LogP contribution is -2.33. The molecule has 0 saturated heterocycles. The van der Waals surface area contributed by atoms with E-state index < -0.39 is 5.92 Å². The minimum Gasteiger partial charge on any atom is -0.493 e. The van der Waals surface area contributed by atoms with Gasteiger partial charge in [0.05, 0.1) is 31.3 Å². The van der Waals surface area contributed by atoms with Crippen LogP contribution in [0.2, 0.25) is 5.02 Å². The molecule has 1 N–H and O–H groups in total. The summed E-state index contributed by atoms with van der Waals surface area (Å²) in [6.45, 7) is 4.32. The SMILES string of the molecule is CCOc1ccc([C@@H]2C(C#N)=C(C)NC3=C2C(=O)C[C@@H](c2ccc(Cl)cc2)C3)cc1OC. The van der Waals surface area contributed by atoms with E-state index >= 15 is 0 Å². The molecule has 2 aromatic rings. The number of nitriles is 1. The molecule has 1 aliphatic heterocycles. The van der Waals surface area contributed by atoms with Crippen molar-refractivity contribution >= 4 is 17.4 Å². The number of nitrogens with one attached hydrogen (secondary N) is 1. The first-order valence-corrected chi connectivity index (χ1v) is 11.0. The van der Waals surface area contributed by atoms with Crippen LogP contribution >= 0.6 is 11.6 Å². The quantitative estimate of drug-likeness (QED) is 0.641. The maximum atomic E-state index is 13.4. The van der Waals surface area contributed by atoms with Crippen molar-refractivity contribution in [3.05, 3.63) is 81.2 Å². The third-order valence-corrected chi connectivity index (χ3v) is 6.36. The van der Waals surface area contributed by atoms with Crippen molar-refractivity contribution < 1.29 is 14.3 Å². The molecule has 2 aliphatic rings. The number of hydrogen-bond acceptors (Lipinski definition) is 5. The molecule has 0 aromatic heterocycles. The number of benzene rings is 2. The second kappa shape index (κ2) is 9.10. The highest BCUT2D eigenvalue weighted by atomic mass is 35.5. The van der Waals surface area contributed by atoms with Gasteiger partial charge in [0.25, 0.3) is 0 Å². The van der Waals surface area contributed by atoms with Crippen molar-refractivity contribution in [2.24, 2.45) is 0 Å². The van der Waals surface area contributed by atoms with Gasteiger partial charge in [-0.3, -0.25) is 4.79 Å². The van der Waals surface area contributed by atoms with E-state index in [1.165, 1.54) is 0 Å². The summed E-state index contributed by atoms with van der Waals surface area (Å²) < 4.78 is 11.2. The Morgan fingerprint density at radius 2 is 1.84 bits per heavy atom. The van der Waals surface area contributed by atoms with Gasteiger partial charge in [-0.1, -0.05) is 29.8 Å². The van der Waals surface area contributed by atoms with Gasteiger partial charge in [-0.25, -0.2) is 0 Å². The van der Waals surface area contributed by atoms with E-state index in [4.69, 9.17) is 21.1 Å². The smallest absolute Gasteiger partial charge is 0.162 e. The molecule has 0 radical (unpaired) electrons. The average Bonchev–Trinajstić information content (AvgIpc) is 2.79. The van der Waals surface area contributed by atoms with Crippen LogP contribution in [0.3, 0.4) is 0 Å². The van der Waals surface area contributed by atoms with Crippen molar-refractivity contribution in [2.45, 2.75) is 38.5 Å². The highest BCUT2D eigenvalue weighted by Crippen LogP contribution is 2.46. The summed E-state index contributed by atoms with van der Waals surface area (Å²) in [5.41, 5.74) is 4.80. The van der Waals surface area contributed by atoms with Crippen LogP contribution in [0.25, 0.3) is 0 Å². The number of carbonyl (C=O) groups excluding carboxylic acids is 1. The van der Waals surface area contributed by atoms with E-state index in [1.807, 2.05) is 56.3 Å². The number of methoxy groups -OCH3 is 1. The van der Waals surface area contributed by atoms with Gasteiger partial charge in [-0.2, -0.15) is 5.26 Å². The summed E-state index contributed by atoms with van der Waals surface area (Å²) in [6.07, 6.45) is 1.09. The van der Waals surface area contributed by atoms with Gasteiger partial charge in [0.1, 0.15) is 0 Å². The summed E-state index contributed by atoms with van der Waals surface area (Å²) in [5, 5.41) is 14.0. The minimum atomic E-state index is -0.431. The minimum absolute atomic E-state index is 0.0526. The van der Waals surface area contributed by atoms with Crippen LogP contribution in [0.5, 0.6) is 11.5 Å². The number of allylic oxidation sites excluding steroid dienone is 4. The van der Waals surface area contributed by atoms with Crippen LogP contribution in [0.1, 0.15) is 49.7 Å². The normalized spacial score (nSPS) is 20.4. The molecule has 6 heteroatoms. The second-order valence-electron chi connectivity index (χ2n) is 8.02. The molecule has 2 aromatic carbocycles. The number of nitrogens with zero attached hydrogens (tertiary/aromatic N) is 1. The van der Waals surface area contributed by atoms with Crippen LogP contribution < -0.4 is 14.8 Å². The standard InChI is InChI=1S/C26H25ClN2O3/c1-4-32-23-10-7-17(13-24(23)31-3)25-20(14-28)15(2)29-21-11-18(12-22(30)26(21)25)16-5-8-19(27)9-6-16/h5-10,13,18,25,29H,4,11-12H2,1-3H3/t18-,25+/m0/s1. The Balaban J connectivity index is 1.77. The Labute approximate surface area is 193 Å². The number of dihydropyridines is 1. The molecule has 164 valence electrons. The predicted octanol–water partition coefficient (Wildman–Crippen LogP) is 5.63. The first kappa shape index (κ1) is 22.0. The monoisotopic (exact) mass is 448 g/mol. The van der Waals surface area contributed by atoms with Crippen LogP contribution in [-0.2, 0) is 4.79 Å². The van der Waals surface area contributed by atoms with E-state index in [2.05, 4.69) is 11.4 Å². The molecule has 32 heavy (non-hydrogen) atoms. The van der Waals surface area contributed by atoms with E-state index in [9.17, 15) is 10.1 Å². The molecular formula is C26H25ClN2O3. The Morgan fingerprint density at radius 1 is 1.12 bits per heavy atom. The van der Waals surface area contributed by atoms with Crippen LogP contribution in [0.4, 0.5) is 0 Å². The third-order valence-electron chi connectivity index (χ3n) is 6.11. The molecule has 5 nitrogen and oxygen atoms in total. The lowest BCUT2D eigenvalue weighted by molar-refractivity contribution is -0.116. The molecular weight excluding hydrogens is 424 g/mol. The van der Waals surface area contributed by atoms with Gasteiger partial charge in [-0.05, 0) is 61.6 Å². The van der Waals surface area contributed by atoms with Crippen molar-refractivity contribution in [2.75, 3.05) is 13.7 Å². The molecule has 0 saturated carbocycles. The van der Waals surface area contributed by atoms with Crippen molar-refractivity contribution in [1.82, 2.24) is 5.32 Å². The molecule has 0 unspecified atom stereocenters. The number of ketones is 1. The van der Waals surface area contributed by atoms with Crippen LogP contribution in [0.15, 0.2) is 65.0 Å². The van der Waals surface area contributed by atoms with E-state index in [-0.39, 0.29) is 11.7 Å². The highest BCUT2D eigenvalue weighted by Gasteiger charge is 2.39. The molecule has 1 heterocycles. The Kier molecular flexibility index (Phi) is 6.25. The molecule has 0 amide bonds. The first-order valence-electron chi connectivity index (χ1n) is 10.7. The fraction of sp³-hybridized carbons (Fsp3) is 0.308. The molecule has 0 spiro atoms. The van der Waals surface area contributed by atoms with Gasteiger partial charge < -0.3 is 14.8 Å². The largest absolute Gasteiger partial charge is 0.493 e. The summed E-state index contributed by atoms with van der Waals surface area (Å²) in [5.74, 6) is 0.912. The Bertz CT molecular complexity index is 1160. The summed E-state index contributed by atoms with van der Waals surface area (Å²) >= 11 is 6.04. The zero-order valence-corrected chi connectivity index (χ0v) is 19.1. The van der Waals surface area contributed by atoms with Crippen molar-refractivity contribution in [1.29, 1.82) is 5.26 Å². The van der Waals surface area contributed by atoms with E-state index in [0.717, 1.165) is 22.5 Å². The van der Waals surface area contributed by atoms with Crippen molar-refractivity contribution in [3.63, 3.8) is 0 Å². The fourth-order valence-electron chi connectivity index (χ4n) is 4.63. The van der Waals surface area contributed by atoms with Gasteiger partial charge >= 0.3 is 0 Å². The van der Waals surface area contributed by atoms with Crippen molar-refractivity contribution in [3.8, 4) is 17.6 Å². The zero-order chi connectivity index (χ0) is 22.8. The van der Waals surface area contributed by atoms with Gasteiger partial charge in [0.15, 0.2) is 17.3 Å². The maximum Gasteiger partial charge on any atom is 0.162 e. The number of ether oxygens (including phenoxy) is 2. The van der Waals surface area contributed by atoms with Gasteiger partial charge in [0.2, 0.25) is 0 Å². The average molecular weight is 449 g/mol. The maximum absolute atomic E-state index is 13.4. The predicted molar refractivity (Wildman–Crippen MR) is 124 cm³/mol. The zero-order valence-electron chi connectivity index (χ0n) is 18.4. The summed E-state index contributed by atoms with van der Waals surface area (Å²) in [6, 6.07) is 15.6. The lowest BCUT2D eigenvalue weighted by Gasteiger charge is -2.35. The topological polar surface area (TPSA) is 71.3 Å². The van der Waals surface area contributed by atoms with E-state index in [1.54, 1.807) is 7.11 Å². The van der Waals surface area contributed by atoms with Gasteiger partial charge in [0, 0.05) is 28.4 Å². The lowest BCUT2D eigenvalue weighted by atomic mass is 9.72. The molecule has 4 rings (SSSR count). The molecule has 0 bridgehead atoms. The highest BCUT2D eigenvalue weighted by molar-refractivity contribution is 6.30. The van der Waals surface area contributed by atoms with Crippen LogP contribution in [-0.4, -0.2) is 19.5 Å². The van der Waals surface area contributed by atoms with Crippen LogP contribution in [0, 0.1) is 11.3 Å². The molecule has 0 fully saturated rings. The summed E-state index contributed by atoms with van der Waals surface area (Å²) in [7, 11) is 1.59. The number of rotatable bonds is 5. The number of halogens is 1. The number of carbonyl (C=O) groups is 1. The summed E-state index contributed by atoms with van der Waals surface area (Å²) in [4.78, 5) is 13.4. The Morgan fingerprint density at radius 3 is 2.50 bits per heavy atom. The number of hydrogen-bond donors (Lipinski definition) is 1. The Hall–Kier alpha value is -3.23. The van der Waals surface area contributed by atoms with E-state index in [0.29, 0.717) is 47.1 Å². The first-order chi connectivity index (χ1) is 15.5. The molecule has 2 atom stereocenters. The third kappa shape index (κ3) is 3.99. The molecule has 1 aliphatic carbocycles. The second-order valence-corrected chi connectivity index (χ2v) is 8.46.